The van der Waals surface area contributed by atoms with Gasteiger partial charge in [-0.3, -0.25) is 0 Å². The Morgan fingerprint density at radius 1 is 1.46 bits per heavy atom. The topological polar surface area (TPSA) is 32.7 Å². The van der Waals surface area contributed by atoms with E-state index in [1.807, 2.05) is 0 Å². The van der Waals surface area contributed by atoms with Gasteiger partial charge >= 0.3 is 0 Å². The highest BCUT2D eigenvalue weighted by Crippen LogP contribution is 2.44. The van der Waals surface area contributed by atoms with Crippen molar-refractivity contribution in [2.24, 2.45) is 0 Å². The van der Waals surface area contributed by atoms with Gasteiger partial charge < -0.3 is 9.84 Å². The van der Waals surface area contributed by atoms with Crippen LogP contribution in [-0.2, 0) is 4.74 Å². The summed E-state index contributed by atoms with van der Waals surface area (Å²) in [4.78, 5) is 1.35. The van der Waals surface area contributed by atoms with Crippen LogP contribution in [-0.4, -0.2) is 40.5 Å². The molecule has 2 rings (SSSR count). The Kier molecular flexibility index (Phi) is 1.72. The van der Waals surface area contributed by atoms with E-state index in [0.717, 1.165) is 0 Å². The molecular formula is C8H13F2NO2. The molecule has 0 saturated carbocycles. The fourth-order valence-corrected chi connectivity index (χ4v) is 2.17. The summed E-state index contributed by atoms with van der Waals surface area (Å²) in [6.07, 6.45) is -2.01. The van der Waals surface area contributed by atoms with Crippen LogP contribution < -0.4 is 0 Å². The minimum absolute atomic E-state index is 0.277. The number of hydrogen-bond acceptors (Lipinski definition) is 3. The lowest BCUT2D eigenvalue weighted by molar-refractivity contribution is -0.186. The second kappa shape index (κ2) is 2.40. The highest BCUT2D eigenvalue weighted by atomic mass is 19.3. The number of halogens is 2. The molecule has 2 aliphatic rings. The first-order valence-electron chi connectivity index (χ1n) is 4.33. The van der Waals surface area contributed by atoms with Crippen LogP contribution in [0.25, 0.3) is 0 Å². The predicted molar refractivity (Wildman–Crippen MR) is 41.2 cm³/mol. The van der Waals surface area contributed by atoms with E-state index in [9.17, 15) is 13.9 Å². The van der Waals surface area contributed by atoms with Crippen molar-refractivity contribution >= 4 is 0 Å². The number of aliphatic hydroxyl groups excluding tert-OH is 1. The SMILES string of the molecule is CC1(C)OCC2CC(F)(F)C(O)N21. The standard InChI is InChI=1S/C8H13F2NO2/c1-7(2)11-5(4-13-7)3-8(9,10)6(11)12/h5-6,12H,3-4H2,1-2H3. The van der Waals surface area contributed by atoms with E-state index in [0.29, 0.717) is 0 Å². The van der Waals surface area contributed by atoms with Crippen LogP contribution in [0.4, 0.5) is 8.78 Å². The van der Waals surface area contributed by atoms with Crippen molar-refractivity contribution in [3.63, 3.8) is 0 Å². The maximum absolute atomic E-state index is 13.1. The Bertz CT molecular complexity index is 232. The van der Waals surface area contributed by atoms with Crippen LogP contribution in [0.3, 0.4) is 0 Å². The Morgan fingerprint density at radius 3 is 2.62 bits per heavy atom. The summed E-state index contributed by atoms with van der Waals surface area (Å²) in [7, 11) is 0. The molecule has 3 nitrogen and oxygen atoms in total. The lowest BCUT2D eigenvalue weighted by Crippen LogP contribution is -2.49. The summed E-state index contributed by atoms with van der Waals surface area (Å²) in [5.74, 6) is -2.99. The molecule has 13 heavy (non-hydrogen) atoms. The third-order valence-corrected chi connectivity index (χ3v) is 2.79. The van der Waals surface area contributed by atoms with E-state index < -0.39 is 17.9 Å². The lowest BCUT2D eigenvalue weighted by atomic mass is 10.2. The monoisotopic (exact) mass is 193 g/mol. The van der Waals surface area contributed by atoms with Crippen molar-refractivity contribution in [3.05, 3.63) is 0 Å². The number of ether oxygens (including phenoxy) is 1. The van der Waals surface area contributed by atoms with Crippen LogP contribution in [0.5, 0.6) is 0 Å². The molecule has 0 radical (unpaired) electrons. The lowest BCUT2D eigenvalue weighted by Gasteiger charge is -2.32. The van der Waals surface area contributed by atoms with Crippen LogP contribution in [0, 0.1) is 0 Å². The highest BCUT2D eigenvalue weighted by molar-refractivity contribution is 5.01. The first kappa shape index (κ1) is 9.30. The van der Waals surface area contributed by atoms with Crippen LogP contribution in [0.1, 0.15) is 20.3 Å². The van der Waals surface area contributed by atoms with Crippen molar-refractivity contribution in [1.29, 1.82) is 0 Å². The molecule has 1 N–H and O–H groups in total. The molecule has 0 bridgehead atoms. The minimum atomic E-state index is -2.99. The zero-order chi connectivity index (χ0) is 9.85. The number of fused-ring (bicyclic) bond motifs is 1. The number of nitrogens with zero attached hydrogens (tertiary/aromatic N) is 1. The molecule has 2 saturated heterocycles. The molecular weight excluding hydrogens is 180 g/mol. The molecule has 0 spiro atoms. The van der Waals surface area contributed by atoms with Crippen molar-refractivity contribution in [2.45, 2.75) is 44.2 Å². The quantitative estimate of drug-likeness (QED) is 0.617. The molecule has 0 aromatic rings. The molecule has 2 fully saturated rings. The maximum Gasteiger partial charge on any atom is 0.288 e. The second-order valence-corrected chi connectivity index (χ2v) is 4.16. The van der Waals surface area contributed by atoms with Crippen LogP contribution >= 0.6 is 0 Å². The van der Waals surface area contributed by atoms with Crippen molar-refractivity contribution in [3.8, 4) is 0 Å². The van der Waals surface area contributed by atoms with Crippen LogP contribution in [0.2, 0.25) is 0 Å². The highest BCUT2D eigenvalue weighted by Gasteiger charge is 2.60. The number of rotatable bonds is 0. The molecule has 0 aliphatic carbocycles. The summed E-state index contributed by atoms with van der Waals surface area (Å²) in [6.45, 7) is 3.66. The second-order valence-electron chi connectivity index (χ2n) is 4.16. The van der Waals surface area contributed by atoms with Gasteiger partial charge in [-0.2, -0.15) is 0 Å². The maximum atomic E-state index is 13.1. The Hall–Kier alpha value is -0.260. The predicted octanol–water partition coefficient (Wildman–Crippen LogP) is 0.781. The molecule has 2 atom stereocenters. The van der Waals surface area contributed by atoms with Gasteiger partial charge in [0.05, 0.1) is 6.61 Å². The van der Waals surface area contributed by atoms with Gasteiger partial charge in [0.2, 0.25) is 0 Å². The molecule has 0 aromatic heterocycles. The van der Waals surface area contributed by atoms with Gasteiger partial charge in [-0.15, -0.1) is 0 Å². The summed E-state index contributed by atoms with van der Waals surface area (Å²) in [5, 5.41) is 9.36. The first-order valence-corrected chi connectivity index (χ1v) is 4.33. The summed E-state index contributed by atoms with van der Waals surface area (Å²) in [6, 6.07) is -0.347. The van der Waals surface area contributed by atoms with Crippen molar-refractivity contribution < 1.29 is 18.6 Å². The number of alkyl halides is 2. The zero-order valence-electron chi connectivity index (χ0n) is 7.63. The van der Waals surface area contributed by atoms with Crippen molar-refractivity contribution in [1.82, 2.24) is 4.90 Å². The number of aliphatic hydroxyl groups is 1. The summed E-state index contributed by atoms with van der Waals surface area (Å²) in [5.41, 5.74) is -0.774. The third kappa shape index (κ3) is 1.18. The van der Waals surface area contributed by atoms with E-state index >= 15 is 0 Å². The fraction of sp³-hybridized carbons (Fsp3) is 1.00. The molecule has 76 valence electrons. The van der Waals surface area contributed by atoms with Crippen molar-refractivity contribution in [2.75, 3.05) is 6.61 Å². The fourth-order valence-electron chi connectivity index (χ4n) is 2.17. The smallest absolute Gasteiger partial charge is 0.288 e. The summed E-state index contributed by atoms with van der Waals surface area (Å²) < 4.78 is 31.4. The molecule has 2 aliphatic heterocycles. The first-order chi connectivity index (χ1) is 5.84. The van der Waals surface area contributed by atoms with Gasteiger partial charge in [-0.05, 0) is 13.8 Å². The normalized spacial score (nSPS) is 42.2. The van der Waals surface area contributed by atoms with Gasteiger partial charge in [-0.1, -0.05) is 0 Å². The van der Waals surface area contributed by atoms with Gasteiger partial charge in [0.25, 0.3) is 5.92 Å². The molecule has 0 aromatic carbocycles. The van der Waals surface area contributed by atoms with E-state index in [1.54, 1.807) is 13.8 Å². The van der Waals surface area contributed by atoms with Crippen LogP contribution in [0.15, 0.2) is 0 Å². The Labute approximate surface area is 75.3 Å². The van der Waals surface area contributed by atoms with E-state index in [2.05, 4.69) is 0 Å². The molecule has 2 heterocycles. The average molecular weight is 193 g/mol. The Balaban J connectivity index is 2.27. The van der Waals surface area contributed by atoms with Gasteiger partial charge in [0.15, 0.2) is 6.23 Å². The molecule has 0 amide bonds. The van der Waals surface area contributed by atoms with E-state index in [1.165, 1.54) is 4.90 Å². The van der Waals surface area contributed by atoms with Gasteiger partial charge in [0, 0.05) is 12.5 Å². The average Bonchev–Trinajstić information content (AvgIpc) is 2.35. The zero-order valence-corrected chi connectivity index (χ0v) is 7.63. The largest absolute Gasteiger partial charge is 0.372 e. The van der Waals surface area contributed by atoms with E-state index in [4.69, 9.17) is 4.74 Å². The third-order valence-electron chi connectivity index (χ3n) is 2.79. The minimum Gasteiger partial charge on any atom is -0.372 e. The Morgan fingerprint density at radius 2 is 2.08 bits per heavy atom. The summed E-state index contributed by atoms with van der Waals surface area (Å²) >= 11 is 0. The number of hydrogen-bond donors (Lipinski definition) is 1. The van der Waals surface area contributed by atoms with E-state index in [-0.39, 0.29) is 19.1 Å². The van der Waals surface area contributed by atoms with Gasteiger partial charge in [0.1, 0.15) is 5.72 Å². The van der Waals surface area contributed by atoms with Gasteiger partial charge in [-0.25, -0.2) is 13.7 Å². The molecule has 2 unspecified atom stereocenters. The molecule has 5 heteroatoms.